The van der Waals surface area contributed by atoms with E-state index in [-0.39, 0.29) is 5.75 Å². The second-order valence-corrected chi connectivity index (χ2v) is 17.5. The Morgan fingerprint density at radius 3 is 2.20 bits per heavy atom. The van der Waals surface area contributed by atoms with E-state index < -0.39 is 16.9 Å². The molecule has 1 aromatic heterocycles. The van der Waals surface area contributed by atoms with Crippen LogP contribution in [-0.2, 0) is 15.0 Å². The van der Waals surface area contributed by atoms with Crippen molar-refractivity contribution in [1.82, 2.24) is 15.0 Å². The van der Waals surface area contributed by atoms with E-state index in [2.05, 4.69) is 43.3 Å². The first-order valence-electron chi connectivity index (χ1n) is 10.4. The number of nitrogens with zero attached hydrogens (tertiary/aromatic N) is 3. The average molecular weight is 444 g/mol. The number of aromatic nitrogens is 3. The van der Waals surface area contributed by atoms with Crippen molar-refractivity contribution in [1.29, 1.82) is 0 Å². The minimum atomic E-state index is -2.26. The van der Waals surface area contributed by atoms with Gasteiger partial charge in [0.2, 0.25) is 0 Å². The molecule has 2 atom stereocenters. The Bertz CT molecular complexity index is 999. The van der Waals surface area contributed by atoms with Gasteiger partial charge < -0.3 is 13.6 Å². The third kappa shape index (κ3) is 5.37. The van der Waals surface area contributed by atoms with Gasteiger partial charge in [-0.2, -0.15) is 0 Å². The molecule has 0 spiro atoms. The zero-order chi connectivity index (χ0) is 22.1. The summed E-state index contributed by atoms with van der Waals surface area (Å²) in [6, 6.07) is 12.6. The summed E-state index contributed by atoms with van der Waals surface area (Å²) in [4.78, 5) is 1.53. The molecule has 0 bridgehead atoms. The zero-order valence-corrected chi connectivity index (χ0v) is 21.1. The first kappa shape index (κ1) is 22.7. The third-order valence-electron chi connectivity index (χ3n) is 5.06. The second kappa shape index (κ2) is 8.62. The summed E-state index contributed by atoms with van der Waals surface area (Å²) < 4.78 is 12.3. The van der Waals surface area contributed by atoms with Crippen LogP contribution in [0.25, 0.3) is 16.7 Å². The molecule has 2 aromatic carbocycles. The Kier molecular flexibility index (Phi) is 6.52. The Morgan fingerprint density at radius 1 is 1.07 bits per heavy atom. The highest BCUT2D eigenvalue weighted by Gasteiger charge is 2.37. The number of aromatic hydroxyl groups is 1. The van der Waals surface area contributed by atoms with Crippen LogP contribution in [0.5, 0.6) is 5.75 Å². The Balaban J connectivity index is 1.86. The number of hydrogen-bond donors (Lipinski definition) is 1. The molecule has 3 rings (SSSR count). The summed E-state index contributed by atoms with van der Waals surface area (Å²) in [5, 5.41) is 20.1. The average Bonchev–Trinajstić information content (AvgIpc) is 3.06. The van der Waals surface area contributed by atoms with Crippen molar-refractivity contribution in [2.24, 2.45) is 5.92 Å². The molecule has 0 amide bonds. The van der Waals surface area contributed by atoms with Crippen molar-refractivity contribution in [3.63, 3.8) is 0 Å². The molecule has 3 aromatic rings. The molecule has 8 heteroatoms. The van der Waals surface area contributed by atoms with Crippen molar-refractivity contribution in [2.75, 3.05) is 7.11 Å². The number of phenols is 1. The Morgan fingerprint density at radius 2 is 1.67 bits per heavy atom. The van der Waals surface area contributed by atoms with Gasteiger partial charge in [-0.25, -0.2) is 0 Å². The molecule has 1 N–H and O–H groups in total. The quantitative estimate of drug-likeness (QED) is 0.486. The van der Waals surface area contributed by atoms with Crippen LogP contribution >= 0.6 is 0 Å². The summed E-state index contributed by atoms with van der Waals surface area (Å²) in [7, 11) is -2.19. The number of hydrogen-bond acceptors (Lipinski definition) is 5. The molecule has 6 nitrogen and oxygen atoms in total. The predicted molar refractivity (Wildman–Crippen MR) is 126 cm³/mol. The van der Waals surface area contributed by atoms with Gasteiger partial charge in [-0.1, -0.05) is 25.1 Å². The van der Waals surface area contributed by atoms with E-state index in [4.69, 9.17) is 8.54 Å². The first-order chi connectivity index (χ1) is 14.0. The van der Waals surface area contributed by atoms with E-state index in [1.54, 1.807) is 7.11 Å². The molecule has 0 saturated heterocycles. The lowest BCUT2D eigenvalue weighted by Gasteiger charge is -2.34. The SMILES string of the molecule is CO[Si](C)(CC(C)Cc1cc(C)cc(-n2nc3ccccc3n2)c1O)O[Si](C)(C)C. The van der Waals surface area contributed by atoms with Crippen LogP contribution in [0.15, 0.2) is 36.4 Å². The predicted octanol–water partition coefficient (Wildman–Crippen LogP) is 5.18. The summed E-state index contributed by atoms with van der Waals surface area (Å²) in [6.07, 6.45) is 0.738. The highest BCUT2D eigenvalue weighted by atomic mass is 28.4. The highest BCUT2D eigenvalue weighted by molar-refractivity contribution is 6.81. The number of rotatable bonds is 8. The van der Waals surface area contributed by atoms with Gasteiger partial charge >= 0.3 is 8.56 Å². The Hall–Kier alpha value is -2.01. The fourth-order valence-electron chi connectivity index (χ4n) is 4.00. The van der Waals surface area contributed by atoms with Crippen LogP contribution < -0.4 is 0 Å². The van der Waals surface area contributed by atoms with Gasteiger partial charge in [-0.3, -0.25) is 0 Å². The number of aryl methyl sites for hydroxylation is 1. The summed E-state index contributed by atoms with van der Waals surface area (Å²) in [5.41, 5.74) is 4.19. The summed E-state index contributed by atoms with van der Waals surface area (Å²) in [6.45, 7) is 13.0. The molecule has 0 aliphatic rings. The van der Waals surface area contributed by atoms with Crippen LogP contribution in [0.3, 0.4) is 0 Å². The lowest BCUT2D eigenvalue weighted by molar-refractivity contribution is 0.293. The van der Waals surface area contributed by atoms with Crippen LogP contribution in [-0.4, -0.2) is 44.1 Å². The lowest BCUT2D eigenvalue weighted by atomic mass is 9.99. The Labute approximate surface area is 181 Å². The molecule has 0 aliphatic heterocycles. The maximum Gasteiger partial charge on any atom is 0.324 e. The van der Waals surface area contributed by atoms with E-state index in [1.807, 2.05) is 43.3 Å². The number of phenolic OH excluding ortho intramolecular Hbond substituents is 1. The second-order valence-electron chi connectivity index (χ2n) is 9.34. The molecule has 1 heterocycles. The smallest absolute Gasteiger partial charge is 0.324 e. The highest BCUT2D eigenvalue weighted by Crippen LogP contribution is 2.32. The zero-order valence-electron chi connectivity index (χ0n) is 19.1. The fourth-order valence-corrected chi connectivity index (χ4v) is 11.4. The minimum Gasteiger partial charge on any atom is -0.505 e. The van der Waals surface area contributed by atoms with E-state index in [0.717, 1.165) is 34.6 Å². The van der Waals surface area contributed by atoms with Crippen molar-refractivity contribution in [3.8, 4) is 11.4 Å². The number of benzene rings is 2. The normalized spacial score (nSPS) is 15.3. The topological polar surface area (TPSA) is 69.4 Å². The molecule has 162 valence electrons. The van der Waals surface area contributed by atoms with Gasteiger partial charge in [-0.15, -0.1) is 15.0 Å². The number of fused-ring (bicyclic) bond motifs is 1. The molecular formula is C22H33N3O3Si2. The van der Waals surface area contributed by atoms with Gasteiger partial charge in [0.1, 0.15) is 22.5 Å². The van der Waals surface area contributed by atoms with E-state index in [1.165, 1.54) is 4.80 Å². The largest absolute Gasteiger partial charge is 0.505 e. The summed E-state index contributed by atoms with van der Waals surface area (Å²) >= 11 is 0. The maximum atomic E-state index is 11.0. The van der Waals surface area contributed by atoms with Gasteiger partial charge in [0.15, 0.2) is 8.32 Å². The van der Waals surface area contributed by atoms with Gasteiger partial charge in [-0.05, 0) is 80.8 Å². The van der Waals surface area contributed by atoms with Crippen molar-refractivity contribution in [3.05, 3.63) is 47.5 Å². The van der Waals surface area contributed by atoms with Crippen molar-refractivity contribution >= 4 is 27.9 Å². The molecule has 0 saturated carbocycles. The third-order valence-corrected chi connectivity index (χ3v) is 11.5. The molecule has 30 heavy (non-hydrogen) atoms. The van der Waals surface area contributed by atoms with Gasteiger partial charge in [0, 0.05) is 7.11 Å². The fraction of sp³-hybridized carbons (Fsp3) is 0.455. The van der Waals surface area contributed by atoms with Crippen LogP contribution in [0.2, 0.25) is 32.2 Å². The van der Waals surface area contributed by atoms with Crippen molar-refractivity contribution in [2.45, 2.75) is 52.5 Å². The molecule has 0 aliphatic carbocycles. The molecule has 2 unspecified atom stereocenters. The van der Waals surface area contributed by atoms with Gasteiger partial charge in [0.05, 0.1) is 0 Å². The minimum absolute atomic E-state index is 0.236. The first-order valence-corrected chi connectivity index (χ1v) is 16.3. The van der Waals surface area contributed by atoms with E-state index in [9.17, 15) is 5.11 Å². The standard InChI is InChI=1S/C22H33N3O3Si2/c1-16-12-18(13-17(2)15-30(7,27-3)28-29(4,5)6)22(26)21(14-16)25-23-19-10-8-9-11-20(19)24-25/h8-12,14,17,26H,13,15H2,1-7H3. The van der Waals surface area contributed by atoms with Crippen LogP contribution in [0.1, 0.15) is 18.1 Å². The molecule has 0 radical (unpaired) electrons. The lowest BCUT2D eigenvalue weighted by Crippen LogP contribution is -2.47. The maximum absolute atomic E-state index is 11.0. The van der Waals surface area contributed by atoms with Gasteiger partial charge in [0.25, 0.3) is 0 Å². The molecule has 0 fully saturated rings. The van der Waals surface area contributed by atoms with Crippen LogP contribution in [0, 0.1) is 12.8 Å². The monoisotopic (exact) mass is 443 g/mol. The summed E-state index contributed by atoms with van der Waals surface area (Å²) in [5.74, 6) is 0.544. The van der Waals surface area contributed by atoms with E-state index >= 15 is 0 Å². The van der Waals surface area contributed by atoms with Crippen LogP contribution in [0.4, 0.5) is 0 Å². The van der Waals surface area contributed by atoms with Crippen molar-refractivity contribution < 1.29 is 13.6 Å². The van der Waals surface area contributed by atoms with E-state index in [0.29, 0.717) is 11.6 Å². The molecular weight excluding hydrogens is 410 g/mol.